The van der Waals surface area contributed by atoms with Crippen molar-refractivity contribution in [2.75, 3.05) is 0 Å². The summed E-state index contributed by atoms with van der Waals surface area (Å²) >= 11 is 4.73. The van der Waals surface area contributed by atoms with Gasteiger partial charge in [-0.1, -0.05) is 24.4 Å². The van der Waals surface area contributed by atoms with Crippen LogP contribution in [0.25, 0.3) is 5.57 Å². The van der Waals surface area contributed by atoms with Crippen LogP contribution >= 0.6 is 12.2 Å². The molecular formula is C11H9FN2S. The Morgan fingerprint density at radius 1 is 1.53 bits per heavy atom. The van der Waals surface area contributed by atoms with Crippen molar-refractivity contribution in [3.8, 4) is 6.07 Å². The van der Waals surface area contributed by atoms with Gasteiger partial charge < -0.3 is 5.73 Å². The molecular weight excluding hydrogens is 211 g/mol. The van der Waals surface area contributed by atoms with Gasteiger partial charge in [0, 0.05) is 0 Å². The summed E-state index contributed by atoms with van der Waals surface area (Å²) in [7, 11) is 0. The summed E-state index contributed by atoms with van der Waals surface area (Å²) in [6.45, 7) is 1.69. The topological polar surface area (TPSA) is 49.8 Å². The summed E-state index contributed by atoms with van der Waals surface area (Å²) < 4.78 is 12.9. The highest BCUT2D eigenvalue weighted by atomic mass is 32.1. The van der Waals surface area contributed by atoms with Crippen LogP contribution in [0.5, 0.6) is 0 Å². The molecule has 0 aromatic heterocycles. The lowest BCUT2D eigenvalue weighted by molar-refractivity contribution is 0.627. The highest BCUT2D eigenvalue weighted by molar-refractivity contribution is 7.80. The zero-order valence-electron chi connectivity index (χ0n) is 8.12. The van der Waals surface area contributed by atoms with E-state index < -0.39 is 0 Å². The van der Waals surface area contributed by atoms with E-state index in [2.05, 4.69) is 0 Å². The molecule has 0 heterocycles. The highest BCUT2D eigenvalue weighted by Gasteiger charge is 2.07. The summed E-state index contributed by atoms with van der Waals surface area (Å²) in [6, 6.07) is 7.86. The summed E-state index contributed by atoms with van der Waals surface area (Å²) in [6.07, 6.45) is 0. The molecule has 0 aliphatic carbocycles. The van der Waals surface area contributed by atoms with Gasteiger partial charge in [-0.25, -0.2) is 4.39 Å². The van der Waals surface area contributed by atoms with Crippen molar-refractivity contribution in [1.82, 2.24) is 0 Å². The lowest BCUT2D eigenvalue weighted by Gasteiger charge is -2.04. The Bertz CT molecular complexity index is 472. The lowest BCUT2D eigenvalue weighted by Crippen LogP contribution is -2.11. The monoisotopic (exact) mass is 220 g/mol. The van der Waals surface area contributed by atoms with E-state index >= 15 is 0 Å². The third-order valence-corrected chi connectivity index (χ3v) is 2.19. The van der Waals surface area contributed by atoms with Crippen LogP contribution in [0.15, 0.2) is 29.8 Å². The maximum Gasteiger partial charge on any atom is 0.123 e. The van der Waals surface area contributed by atoms with Crippen LogP contribution in [0, 0.1) is 17.1 Å². The van der Waals surface area contributed by atoms with Crippen LogP contribution in [0.1, 0.15) is 12.5 Å². The highest BCUT2D eigenvalue weighted by Crippen LogP contribution is 2.18. The first-order chi connectivity index (χ1) is 7.06. The van der Waals surface area contributed by atoms with Crippen LogP contribution in [-0.2, 0) is 0 Å². The smallest absolute Gasteiger partial charge is 0.123 e. The molecule has 0 unspecified atom stereocenters. The molecule has 2 N–H and O–H groups in total. The van der Waals surface area contributed by atoms with Gasteiger partial charge in [0.1, 0.15) is 16.9 Å². The predicted molar refractivity (Wildman–Crippen MR) is 61.4 cm³/mol. The van der Waals surface area contributed by atoms with Gasteiger partial charge in [0.15, 0.2) is 0 Å². The zero-order chi connectivity index (χ0) is 11.4. The second-order valence-electron chi connectivity index (χ2n) is 2.99. The minimum Gasteiger partial charge on any atom is -0.389 e. The molecule has 0 amide bonds. The first-order valence-corrected chi connectivity index (χ1v) is 4.64. The average Bonchev–Trinajstić information content (AvgIpc) is 2.18. The second-order valence-corrected chi connectivity index (χ2v) is 3.43. The van der Waals surface area contributed by atoms with E-state index in [4.69, 9.17) is 23.2 Å². The fourth-order valence-electron chi connectivity index (χ4n) is 1.19. The lowest BCUT2D eigenvalue weighted by atomic mass is 10.0. The van der Waals surface area contributed by atoms with Gasteiger partial charge in [-0.3, -0.25) is 0 Å². The number of benzene rings is 1. The van der Waals surface area contributed by atoms with E-state index in [0.717, 1.165) is 0 Å². The van der Waals surface area contributed by atoms with Crippen molar-refractivity contribution in [2.24, 2.45) is 5.73 Å². The van der Waals surface area contributed by atoms with Gasteiger partial charge in [-0.05, 0) is 30.2 Å². The Hall–Kier alpha value is -1.73. The summed E-state index contributed by atoms with van der Waals surface area (Å²) in [4.78, 5) is 0.0271. The molecule has 0 fully saturated rings. The largest absolute Gasteiger partial charge is 0.389 e. The van der Waals surface area contributed by atoms with Crippen LogP contribution in [0.3, 0.4) is 0 Å². The minimum atomic E-state index is -0.355. The molecule has 0 atom stereocenters. The Balaban J connectivity index is 3.30. The van der Waals surface area contributed by atoms with Crippen LogP contribution in [0.4, 0.5) is 4.39 Å². The Morgan fingerprint density at radius 2 is 2.20 bits per heavy atom. The Kier molecular flexibility index (Phi) is 3.53. The maximum atomic E-state index is 12.9. The normalized spacial score (nSPS) is 11.5. The minimum absolute atomic E-state index is 0.0271. The van der Waals surface area contributed by atoms with Crippen molar-refractivity contribution in [3.05, 3.63) is 41.2 Å². The second kappa shape index (κ2) is 4.67. The van der Waals surface area contributed by atoms with E-state index in [-0.39, 0.29) is 16.4 Å². The molecule has 0 saturated heterocycles. The number of hydrogen-bond donors (Lipinski definition) is 1. The summed E-state index contributed by atoms with van der Waals surface area (Å²) in [5, 5.41) is 8.83. The molecule has 1 aromatic rings. The van der Waals surface area contributed by atoms with Gasteiger partial charge in [-0.15, -0.1) is 0 Å². The number of rotatable bonds is 2. The van der Waals surface area contributed by atoms with Crippen LogP contribution in [0.2, 0.25) is 0 Å². The molecule has 0 spiro atoms. The van der Waals surface area contributed by atoms with Crippen molar-refractivity contribution in [1.29, 1.82) is 5.26 Å². The number of hydrogen-bond acceptors (Lipinski definition) is 2. The SMILES string of the molecule is C/C(=C(/C#N)C(N)=S)c1cccc(F)c1. The van der Waals surface area contributed by atoms with E-state index in [0.29, 0.717) is 11.1 Å². The maximum absolute atomic E-state index is 12.9. The van der Waals surface area contributed by atoms with E-state index in [1.807, 2.05) is 6.07 Å². The average molecular weight is 220 g/mol. The quantitative estimate of drug-likeness (QED) is 0.473. The van der Waals surface area contributed by atoms with Gasteiger partial charge in [0.05, 0.1) is 5.57 Å². The molecule has 4 heteroatoms. The predicted octanol–water partition coefficient (Wildman–Crippen LogP) is 2.41. The number of thiocarbonyl (C=S) groups is 1. The Labute approximate surface area is 92.8 Å². The number of allylic oxidation sites excluding steroid dienone is 1. The standard InChI is InChI=1S/C11H9FN2S/c1-7(10(6-13)11(14)15)8-3-2-4-9(12)5-8/h2-5H,1H3,(H2,14,15)/b10-7+. The van der Waals surface area contributed by atoms with Crippen molar-refractivity contribution >= 4 is 22.8 Å². The fraction of sp³-hybridized carbons (Fsp3) is 0.0909. The molecule has 0 radical (unpaired) electrons. The van der Waals surface area contributed by atoms with Crippen molar-refractivity contribution < 1.29 is 4.39 Å². The van der Waals surface area contributed by atoms with Crippen LogP contribution in [-0.4, -0.2) is 4.99 Å². The molecule has 1 rings (SSSR count). The molecule has 76 valence electrons. The first-order valence-electron chi connectivity index (χ1n) is 4.23. The molecule has 0 bridgehead atoms. The van der Waals surface area contributed by atoms with Gasteiger partial charge in [0.25, 0.3) is 0 Å². The van der Waals surface area contributed by atoms with Crippen molar-refractivity contribution in [2.45, 2.75) is 6.92 Å². The summed E-state index contributed by atoms with van der Waals surface area (Å²) in [5.41, 5.74) is 6.80. The number of nitrogens with zero attached hydrogens (tertiary/aromatic N) is 1. The van der Waals surface area contributed by atoms with E-state index in [1.165, 1.54) is 12.1 Å². The first kappa shape index (κ1) is 11.3. The summed E-state index contributed by atoms with van der Waals surface area (Å²) in [5.74, 6) is -0.355. The zero-order valence-corrected chi connectivity index (χ0v) is 8.94. The molecule has 0 aliphatic rings. The van der Waals surface area contributed by atoms with Gasteiger partial charge in [-0.2, -0.15) is 5.26 Å². The number of nitriles is 1. The van der Waals surface area contributed by atoms with Crippen molar-refractivity contribution in [3.63, 3.8) is 0 Å². The number of nitrogens with two attached hydrogens (primary N) is 1. The molecule has 0 saturated carbocycles. The Morgan fingerprint density at radius 3 is 2.67 bits per heavy atom. The molecule has 2 nitrogen and oxygen atoms in total. The molecule has 15 heavy (non-hydrogen) atoms. The van der Waals surface area contributed by atoms with E-state index in [1.54, 1.807) is 19.1 Å². The fourth-order valence-corrected chi connectivity index (χ4v) is 1.39. The molecule has 0 aliphatic heterocycles. The van der Waals surface area contributed by atoms with Crippen LogP contribution < -0.4 is 5.73 Å². The van der Waals surface area contributed by atoms with E-state index in [9.17, 15) is 4.39 Å². The number of halogens is 1. The third kappa shape index (κ3) is 2.61. The third-order valence-electron chi connectivity index (χ3n) is 1.99. The molecule has 1 aromatic carbocycles. The van der Waals surface area contributed by atoms with Gasteiger partial charge in [0.2, 0.25) is 0 Å². The van der Waals surface area contributed by atoms with Gasteiger partial charge >= 0.3 is 0 Å².